The first-order valence-corrected chi connectivity index (χ1v) is 14.5. The normalized spacial score (nSPS) is 18.9. The molecule has 0 aromatic heterocycles. The largest absolute Gasteiger partial charge is 0.338 e. The van der Waals surface area contributed by atoms with Crippen molar-refractivity contribution in [3.05, 3.63) is 101 Å². The highest BCUT2D eigenvalue weighted by Crippen LogP contribution is 2.31. The van der Waals surface area contributed by atoms with E-state index in [0.29, 0.717) is 24.5 Å². The first-order valence-electron chi connectivity index (χ1n) is 14.1. The molecule has 0 radical (unpaired) electrons. The summed E-state index contributed by atoms with van der Waals surface area (Å²) in [6.07, 6.45) is 1.43. The summed E-state index contributed by atoms with van der Waals surface area (Å²) in [5.41, 5.74) is 3.69. The summed E-state index contributed by atoms with van der Waals surface area (Å²) >= 11 is 6.11. The first kappa shape index (κ1) is 28.5. The Balaban J connectivity index is 1.52. The van der Waals surface area contributed by atoms with Crippen LogP contribution in [0.1, 0.15) is 36.5 Å². The monoisotopic (exact) mass is 573 g/mol. The fourth-order valence-electron chi connectivity index (χ4n) is 5.51. The number of rotatable bonds is 8. The summed E-state index contributed by atoms with van der Waals surface area (Å²) in [5, 5.41) is 7.04. The predicted molar refractivity (Wildman–Crippen MR) is 160 cm³/mol. The van der Waals surface area contributed by atoms with Crippen molar-refractivity contribution in [3.8, 4) is 0 Å². The Hall–Kier alpha value is -4.04. The van der Waals surface area contributed by atoms with Crippen LogP contribution in [0.4, 0.5) is 10.5 Å². The maximum Gasteiger partial charge on any atom is 0.338 e. The Morgan fingerprint density at radius 1 is 0.951 bits per heavy atom. The molecule has 9 heteroatoms. The molecule has 4 amide bonds. The lowest BCUT2D eigenvalue weighted by atomic mass is 9.98. The van der Waals surface area contributed by atoms with E-state index >= 15 is 0 Å². The molecule has 5 rings (SSSR count). The Labute approximate surface area is 246 Å². The third kappa shape index (κ3) is 6.33. The number of fused-ring (bicyclic) bond motifs is 1. The van der Waals surface area contributed by atoms with Gasteiger partial charge in [0.05, 0.1) is 12.2 Å². The second kappa shape index (κ2) is 12.6. The van der Waals surface area contributed by atoms with Gasteiger partial charge < -0.3 is 15.1 Å². The summed E-state index contributed by atoms with van der Waals surface area (Å²) in [6.45, 7) is 5.16. The van der Waals surface area contributed by atoms with Crippen LogP contribution in [0.25, 0.3) is 0 Å². The van der Waals surface area contributed by atoms with E-state index in [2.05, 4.69) is 12.2 Å². The highest BCUT2D eigenvalue weighted by atomic mass is 35.5. The predicted octanol–water partition coefficient (Wildman–Crippen LogP) is 5.00. The number of anilines is 1. The van der Waals surface area contributed by atoms with Crippen molar-refractivity contribution in [3.63, 3.8) is 0 Å². The summed E-state index contributed by atoms with van der Waals surface area (Å²) in [7, 11) is 0. The van der Waals surface area contributed by atoms with Crippen LogP contribution in [-0.4, -0.2) is 64.5 Å². The summed E-state index contributed by atoms with van der Waals surface area (Å²) in [5.74, 6) is -0.281. The third-order valence-corrected chi connectivity index (χ3v) is 7.96. The number of unbranched alkanes of at least 4 members (excludes halogenated alkanes) is 1. The number of aryl methyl sites for hydroxylation is 1. The molecule has 0 bridgehead atoms. The van der Waals surface area contributed by atoms with Crippen LogP contribution in [0, 0.1) is 6.92 Å². The highest BCUT2D eigenvalue weighted by molar-refractivity contribution is 6.30. The molecule has 2 fully saturated rings. The average Bonchev–Trinajstić information content (AvgIpc) is 2.98. The molecule has 2 saturated heterocycles. The molecule has 41 heavy (non-hydrogen) atoms. The van der Waals surface area contributed by atoms with Gasteiger partial charge >= 0.3 is 6.03 Å². The number of urea groups is 1. The van der Waals surface area contributed by atoms with Gasteiger partial charge in [0.25, 0.3) is 0 Å². The minimum atomic E-state index is -0.733. The molecule has 1 N–H and O–H groups in total. The molecule has 214 valence electrons. The van der Waals surface area contributed by atoms with Crippen molar-refractivity contribution in [2.45, 2.75) is 51.9 Å². The Morgan fingerprint density at radius 2 is 1.66 bits per heavy atom. The fraction of sp³-hybridized carbons (Fsp3) is 0.344. The van der Waals surface area contributed by atoms with Gasteiger partial charge in [-0.2, -0.15) is 0 Å². The molecule has 2 heterocycles. The van der Waals surface area contributed by atoms with E-state index in [4.69, 9.17) is 11.6 Å². The number of nitrogens with one attached hydrogen (secondary N) is 1. The zero-order valence-electron chi connectivity index (χ0n) is 23.5. The minimum Gasteiger partial charge on any atom is -0.337 e. The van der Waals surface area contributed by atoms with E-state index in [0.717, 1.165) is 35.2 Å². The zero-order valence-corrected chi connectivity index (χ0v) is 24.3. The quantitative estimate of drug-likeness (QED) is 0.411. The van der Waals surface area contributed by atoms with E-state index in [1.54, 1.807) is 27.1 Å². The number of piperazine rings is 1. The number of carbonyl (C=O) groups excluding carboxylic acids is 3. The fourth-order valence-corrected chi connectivity index (χ4v) is 5.63. The average molecular weight is 574 g/mol. The van der Waals surface area contributed by atoms with Gasteiger partial charge in [0, 0.05) is 24.5 Å². The summed E-state index contributed by atoms with van der Waals surface area (Å²) in [6, 6.07) is 23.8. The molecule has 3 aromatic rings. The zero-order chi connectivity index (χ0) is 28.9. The van der Waals surface area contributed by atoms with Gasteiger partial charge in [-0.05, 0) is 48.7 Å². The molecule has 3 aromatic carbocycles. The Morgan fingerprint density at radius 3 is 2.34 bits per heavy atom. The van der Waals surface area contributed by atoms with Crippen molar-refractivity contribution in [2.24, 2.45) is 0 Å². The van der Waals surface area contributed by atoms with E-state index < -0.39 is 12.2 Å². The van der Waals surface area contributed by atoms with Crippen molar-refractivity contribution in [1.29, 1.82) is 0 Å². The number of hydrogen-bond acceptors (Lipinski definition) is 4. The molecule has 0 aliphatic carbocycles. The standard InChI is InChI=1S/C32H36ClN5O3/c1-3-4-18-35-21-29-37(28(31(35)40)19-24-12-14-26(33)15-13-24)30(39)22-36(27-16-10-23(2)11-17-27)38(29)32(41)34-20-25-8-6-5-7-9-25/h5-17,28-29H,3-4,18-22H2,1-2H3,(H,34,41)/t28-,29-/m0/s1. The SMILES string of the molecule is CCCCN1C[C@H]2N(C(=O)CN(c3ccc(C)cc3)N2C(=O)NCc2ccccc2)[C@@H](Cc2ccc(Cl)cc2)C1=O. The van der Waals surface area contributed by atoms with Gasteiger partial charge in [-0.15, -0.1) is 0 Å². The van der Waals surface area contributed by atoms with Crippen LogP contribution in [-0.2, 0) is 22.6 Å². The number of hydrazine groups is 1. The van der Waals surface area contributed by atoms with E-state index in [1.165, 1.54) is 0 Å². The van der Waals surface area contributed by atoms with Gasteiger partial charge in [0.2, 0.25) is 11.8 Å². The van der Waals surface area contributed by atoms with Crippen LogP contribution in [0.3, 0.4) is 0 Å². The van der Waals surface area contributed by atoms with Gasteiger partial charge in [-0.3, -0.25) is 14.6 Å². The van der Waals surface area contributed by atoms with Gasteiger partial charge in [-0.25, -0.2) is 9.80 Å². The lowest BCUT2D eigenvalue weighted by molar-refractivity contribution is -0.166. The molecule has 0 unspecified atom stereocenters. The van der Waals surface area contributed by atoms with E-state index in [1.807, 2.05) is 78.6 Å². The van der Waals surface area contributed by atoms with Gasteiger partial charge in [-0.1, -0.05) is 85.1 Å². The molecule has 2 atom stereocenters. The molecule has 0 spiro atoms. The molecular weight excluding hydrogens is 538 g/mol. The maximum absolute atomic E-state index is 14.0. The second-order valence-electron chi connectivity index (χ2n) is 10.6. The lowest BCUT2D eigenvalue weighted by Crippen LogP contribution is -2.77. The number of halogens is 1. The number of hydrogen-bond donors (Lipinski definition) is 1. The van der Waals surface area contributed by atoms with Crippen molar-refractivity contribution < 1.29 is 14.4 Å². The van der Waals surface area contributed by atoms with Gasteiger partial charge in [0.1, 0.15) is 18.8 Å². The number of amides is 4. The maximum atomic E-state index is 14.0. The molecular formula is C32H36ClN5O3. The Kier molecular flexibility index (Phi) is 8.78. The molecule has 2 aliphatic heterocycles. The smallest absolute Gasteiger partial charge is 0.337 e. The topological polar surface area (TPSA) is 76.2 Å². The minimum absolute atomic E-state index is 0.0579. The van der Waals surface area contributed by atoms with E-state index in [-0.39, 0.29) is 30.9 Å². The molecule has 8 nitrogen and oxygen atoms in total. The van der Waals surface area contributed by atoms with E-state index in [9.17, 15) is 14.4 Å². The third-order valence-electron chi connectivity index (χ3n) is 7.70. The summed E-state index contributed by atoms with van der Waals surface area (Å²) in [4.78, 5) is 45.2. The molecule has 2 aliphatic rings. The second-order valence-corrected chi connectivity index (χ2v) is 11.1. The van der Waals surface area contributed by atoms with Crippen LogP contribution < -0.4 is 10.3 Å². The number of benzene rings is 3. The number of carbonyl (C=O) groups is 3. The lowest BCUT2D eigenvalue weighted by Gasteiger charge is -2.55. The first-order chi connectivity index (χ1) is 19.9. The van der Waals surface area contributed by atoms with Gasteiger partial charge in [0.15, 0.2) is 0 Å². The van der Waals surface area contributed by atoms with Crippen LogP contribution in [0.2, 0.25) is 5.02 Å². The van der Waals surface area contributed by atoms with Crippen LogP contribution in [0.15, 0.2) is 78.9 Å². The number of nitrogens with zero attached hydrogens (tertiary/aromatic N) is 4. The van der Waals surface area contributed by atoms with Crippen molar-refractivity contribution in [1.82, 2.24) is 20.1 Å². The van der Waals surface area contributed by atoms with Crippen molar-refractivity contribution in [2.75, 3.05) is 24.6 Å². The molecule has 0 saturated carbocycles. The highest BCUT2D eigenvalue weighted by Gasteiger charge is 2.51. The van der Waals surface area contributed by atoms with Crippen LogP contribution in [0.5, 0.6) is 0 Å². The Bertz CT molecular complexity index is 1370. The summed E-state index contributed by atoms with van der Waals surface area (Å²) < 4.78 is 0. The van der Waals surface area contributed by atoms with Crippen LogP contribution >= 0.6 is 11.6 Å². The van der Waals surface area contributed by atoms with Crippen molar-refractivity contribution >= 4 is 35.1 Å².